The number of ether oxygens (including phenoxy) is 2. The maximum absolute atomic E-state index is 12.8. The summed E-state index contributed by atoms with van der Waals surface area (Å²) in [4.78, 5) is 50.5. The van der Waals surface area contributed by atoms with E-state index >= 15 is 0 Å². The number of carbonyl (C=O) groups excluding carboxylic acids is 4. The van der Waals surface area contributed by atoms with Crippen molar-refractivity contribution in [3.63, 3.8) is 0 Å². The summed E-state index contributed by atoms with van der Waals surface area (Å²) in [7, 11) is 0. The van der Waals surface area contributed by atoms with E-state index in [1.807, 2.05) is 0 Å². The summed E-state index contributed by atoms with van der Waals surface area (Å²) < 4.78 is 10.1. The lowest BCUT2D eigenvalue weighted by Gasteiger charge is -2.27. The molecule has 0 aromatic heterocycles. The second-order valence-corrected chi connectivity index (χ2v) is 10.2. The highest BCUT2D eigenvalue weighted by Gasteiger charge is 2.40. The number of aliphatic hydroxyl groups excluding tert-OH is 1. The molecule has 3 amide bonds. The molecule has 0 radical (unpaired) electrons. The zero-order chi connectivity index (χ0) is 28.6. The Bertz CT molecular complexity index is 732. The minimum absolute atomic E-state index is 0.0159. The standard InChI is InChI=1S/C20H33N3O7.C7H16/c1-7-12(3)16(18(27)29-8-2)22-17(26)14-9-13(24)11-23(14)15(25)10-21-19(28)30-20(4,5)6;1-3-5-7-6-4-2/h7,12-14,16,24H,1,8-11H2,2-6H3,(H,21,28)(H,22,26);3-7H2,1-2H3. The number of β-amino-alcohol motifs (C(OH)–C–C–N with tert-alkyl or cyclic N) is 1. The number of unbranched alkanes of at least 4 members (excludes halogenated alkanes) is 4. The lowest BCUT2D eigenvalue weighted by atomic mass is 10.0. The molecule has 37 heavy (non-hydrogen) atoms. The highest BCUT2D eigenvalue weighted by Crippen LogP contribution is 2.19. The summed E-state index contributed by atoms with van der Waals surface area (Å²) in [5, 5.41) is 14.9. The Balaban J connectivity index is 0.00000161. The number of nitrogens with zero attached hydrogens (tertiary/aromatic N) is 1. The van der Waals surface area contributed by atoms with Gasteiger partial charge in [-0.05, 0) is 27.7 Å². The quantitative estimate of drug-likeness (QED) is 0.201. The van der Waals surface area contributed by atoms with Gasteiger partial charge in [0, 0.05) is 18.9 Å². The predicted molar refractivity (Wildman–Crippen MR) is 143 cm³/mol. The van der Waals surface area contributed by atoms with Crippen LogP contribution in [0.2, 0.25) is 0 Å². The van der Waals surface area contributed by atoms with Crippen molar-refractivity contribution in [1.29, 1.82) is 0 Å². The number of amides is 3. The first-order chi connectivity index (χ1) is 17.3. The van der Waals surface area contributed by atoms with E-state index < -0.39 is 60.1 Å². The third kappa shape index (κ3) is 14.0. The van der Waals surface area contributed by atoms with Crippen LogP contribution in [0.4, 0.5) is 4.79 Å². The van der Waals surface area contributed by atoms with Crippen molar-refractivity contribution >= 4 is 23.9 Å². The van der Waals surface area contributed by atoms with Crippen molar-refractivity contribution in [3.8, 4) is 0 Å². The van der Waals surface area contributed by atoms with Crippen LogP contribution in [0, 0.1) is 5.92 Å². The van der Waals surface area contributed by atoms with Crippen molar-refractivity contribution < 1.29 is 33.8 Å². The fourth-order valence-corrected chi connectivity index (χ4v) is 3.60. The summed E-state index contributed by atoms with van der Waals surface area (Å²) in [6.45, 7) is 16.2. The van der Waals surface area contributed by atoms with Crippen molar-refractivity contribution in [3.05, 3.63) is 12.7 Å². The number of hydrogen-bond acceptors (Lipinski definition) is 7. The van der Waals surface area contributed by atoms with Crippen molar-refractivity contribution in [2.45, 2.75) is 111 Å². The smallest absolute Gasteiger partial charge is 0.408 e. The molecular formula is C27H49N3O7. The number of esters is 1. The van der Waals surface area contributed by atoms with Gasteiger partial charge >= 0.3 is 12.1 Å². The van der Waals surface area contributed by atoms with E-state index in [1.165, 1.54) is 43.1 Å². The Morgan fingerprint density at radius 1 is 1.11 bits per heavy atom. The number of hydrogen-bond donors (Lipinski definition) is 3. The number of aliphatic hydroxyl groups is 1. The van der Waals surface area contributed by atoms with E-state index in [2.05, 4.69) is 31.1 Å². The molecule has 1 fully saturated rings. The van der Waals surface area contributed by atoms with Crippen LogP contribution in [0.25, 0.3) is 0 Å². The maximum Gasteiger partial charge on any atom is 0.408 e. The molecular weight excluding hydrogens is 478 g/mol. The largest absolute Gasteiger partial charge is 0.464 e. The fourth-order valence-electron chi connectivity index (χ4n) is 3.60. The van der Waals surface area contributed by atoms with Crippen LogP contribution in [-0.4, -0.2) is 77.4 Å². The van der Waals surface area contributed by atoms with Gasteiger partial charge in [-0.1, -0.05) is 59.0 Å². The molecule has 1 aliphatic rings. The number of carbonyl (C=O) groups is 4. The zero-order valence-electron chi connectivity index (χ0n) is 23.8. The molecule has 214 valence electrons. The summed E-state index contributed by atoms with van der Waals surface area (Å²) in [5.74, 6) is -2.16. The number of rotatable bonds is 12. The molecule has 1 rings (SSSR count). The van der Waals surface area contributed by atoms with E-state index in [9.17, 15) is 24.3 Å². The molecule has 1 aliphatic heterocycles. The van der Waals surface area contributed by atoms with Gasteiger partial charge in [-0.3, -0.25) is 9.59 Å². The Morgan fingerprint density at radius 3 is 2.19 bits per heavy atom. The fraction of sp³-hybridized carbons (Fsp3) is 0.778. The molecule has 0 spiro atoms. The Kier molecular flexibility index (Phi) is 16.5. The number of likely N-dealkylation sites (tertiary alicyclic amines) is 1. The lowest BCUT2D eigenvalue weighted by Crippen LogP contribution is -2.54. The number of nitrogens with one attached hydrogen (secondary N) is 2. The van der Waals surface area contributed by atoms with Gasteiger partial charge in [0.25, 0.3) is 0 Å². The highest BCUT2D eigenvalue weighted by molar-refractivity contribution is 5.92. The normalized spacial score (nSPS) is 18.5. The van der Waals surface area contributed by atoms with Crippen LogP contribution < -0.4 is 10.6 Å². The summed E-state index contributed by atoms with van der Waals surface area (Å²) in [5.41, 5.74) is -0.719. The van der Waals surface area contributed by atoms with E-state index in [-0.39, 0.29) is 19.6 Å². The first kappa shape index (κ1) is 34.4. The van der Waals surface area contributed by atoms with Gasteiger partial charge in [0.2, 0.25) is 11.8 Å². The van der Waals surface area contributed by atoms with E-state index in [0.717, 1.165) is 0 Å². The summed E-state index contributed by atoms with van der Waals surface area (Å²) >= 11 is 0. The van der Waals surface area contributed by atoms with E-state index in [1.54, 1.807) is 34.6 Å². The maximum atomic E-state index is 12.8. The SMILES string of the molecule is C=CC(C)C(NC(=O)C1CC(O)CN1C(=O)CNC(=O)OC(C)(C)C)C(=O)OCC.CCCCCCC. The second kappa shape index (κ2) is 17.8. The van der Waals surface area contributed by atoms with Gasteiger partial charge < -0.3 is 30.1 Å². The van der Waals surface area contributed by atoms with Crippen molar-refractivity contribution in [2.24, 2.45) is 5.92 Å². The molecule has 1 heterocycles. The third-order valence-corrected chi connectivity index (χ3v) is 5.63. The lowest BCUT2D eigenvalue weighted by molar-refractivity contribution is -0.149. The first-order valence-electron chi connectivity index (χ1n) is 13.3. The first-order valence-corrected chi connectivity index (χ1v) is 13.3. The minimum atomic E-state index is -0.984. The van der Waals surface area contributed by atoms with Crippen molar-refractivity contribution in [1.82, 2.24) is 15.5 Å². The summed E-state index contributed by atoms with van der Waals surface area (Å²) in [6, 6.07) is -1.95. The van der Waals surface area contributed by atoms with Gasteiger partial charge in [-0.15, -0.1) is 6.58 Å². The Morgan fingerprint density at radius 2 is 1.70 bits per heavy atom. The molecule has 10 heteroatoms. The Hall–Kier alpha value is -2.62. The molecule has 4 atom stereocenters. The van der Waals surface area contributed by atoms with Gasteiger partial charge in [0.1, 0.15) is 24.2 Å². The molecule has 10 nitrogen and oxygen atoms in total. The molecule has 4 unspecified atom stereocenters. The topological polar surface area (TPSA) is 134 Å². The van der Waals surface area contributed by atoms with Gasteiger partial charge in [0.15, 0.2) is 0 Å². The monoisotopic (exact) mass is 527 g/mol. The van der Waals surface area contributed by atoms with Crippen LogP contribution in [0.3, 0.4) is 0 Å². The molecule has 0 saturated carbocycles. The van der Waals surface area contributed by atoms with Crippen LogP contribution in [0.1, 0.15) is 87.0 Å². The molecule has 3 N–H and O–H groups in total. The van der Waals surface area contributed by atoms with Gasteiger partial charge in [-0.2, -0.15) is 0 Å². The average molecular weight is 528 g/mol. The van der Waals surface area contributed by atoms with E-state index in [0.29, 0.717) is 0 Å². The molecule has 0 aromatic rings. The van der Waals surface area contributed by atoms with Crippen LogP contribution in [-0.2, 0) is 23.9 Å². The second-order valence-electron chi connectivity index (χ2n) is 10.2. The minimum Gasteiger partial charge on any atom is -0.464 e. The van der Waals surface area contributed by atoms with Gasteiger partial charge in [-0.25, -0.2) is 9.59 Å². The molecule has 0 aliphatic carbocycles. The number of alkyl carbamates (subject to hydrolysis) is 1. The van der Waals surface area contributed by atoms with Crippen LogP contribution >= 0.6 is 0 Å². The molecule has 1 saturated heterocycles. The zero-order valence-corrected chi connectivity index (χ0v) is 23.8. The summed E-state index contributed by atoms with van der Waals surface area (Å²) in [6.07, 6.45) is 6.87. The van der Waals surface area contributed by atoms with Crippen LogP contribution in [0.5, 0.6) is 0 Å². The van der Waals surface area contributed by atoms with Gasteiger partial charge in [0.05, 0.1) is 12.7 Å². The van der Waals surface area contributed by atoms with Crippen molar-refractivity contribution in [2.75, 3.05) is 19.7 Å². The highest BCUT2D eigenvalue weighted by atomic mass is 16.6. The van der Waals surface area contributed by atoms with Crippen LogP contribution in [0.15, 0.2) is 12.7 Å². The molecule has 0 aromatic carbocycles. The Labute approximate surface area is 222 Å². The molecule has 0 bridgehead atoms. The third-order valence-electron chi connectivity index (χ3n) is 5.63. The average Bonchev–Trinajstić information content (AvgIpc) is 3.22. The van der Waals surface area contributed by atoms with E-state index in [4.69, 9.17) is 9.47 Å². The predicted octanol–water partition coefficient (Wildman–Crippen LogP) is 3.32.